The molecule has 30 heavy (non-hydrogen) atoms. The number of carbonyl (C=O) groups excluding carboxylic acids is 2. The summed E-state index contributed by atoms with van der Waals surface area (Å²) in [6, 6.07) is 11.0. The van der Waals surface area contributed by atoms with Crippen molar-refractivity contribution in [2.24, 2.45) is 0 Å². The van der Waals surface area contributed by atoms with Gasteiger partial charge in [0.25, 0.3) is 11.1 Å². The van der Waals surface area contributed by atoms with E-state index in [-0.39, 0.29) is 10.8 Å². The summed E-state index contributed by atoms with van der Waals surface area (Å²) in [6.07, 6.45) is 0.742. The van der Waals surface area contributed by atoms with Crippen molar-refractivity contribution in [1.82, 2.24) is 9.78 Å². The summed E-state index contributed by atoms with van der Waals surface area (Å²) in [6.45, 7) is -0.00908. The standard InChI is InChI=1S/C21H18N2O7/c24-16(13-6-7-17-18(10-13)29-9-3-8-28-17)12-30-19(25)11-23-21(27)15-5-2-1-4-14(15)20(26)22-23/h1-2,4-7,10H,3,8-9,11-12H2,(H,22,26). The van der Waals surface area contributed by atoms with Crippen LogP contribution in [0.15, 0.2) is 52.1 Å². The third kappa shape index (κ3) is 3.95. The molecule has 2 aromatic carbocycles. The van der Waals surface area contributed by atoms with Gasteiger partial charge in [0, 0.05) is 12.0 Å². The normalized spacial score (nSPS) is 12.9. The topological polar surface area (TPSA) is 117 Å². The predicted molar refractivity (Wildman–Crippen MR) is 106 cm³/mol. The number of aromatic nitrogens is 2. The van der Waals surface area contributed by atoms with Crippen LogP contribution < -0.4 is 20.6 Å². The number of hydrogen-bond donors (Lipinski definition) is 1. The number of aromatic amines is 1. The van der Waals surface area contributed by atoms with Crippen molar-refractivity contribution in [2.45, 2.75) is 13.0 Å². The zero-order valence-corrected chi connectivity index (χ0v) is 15.9. The number of carbonyl (C=O) groups is 2. The van der Waals surface area contributed by atoms with Crippen LogP contribution in [0.5, 0.6) is 11.5 Å². The lowest BCUT2D eigenvalue weighted by Crippen LogP contribution is -2.33. The molecule has 0 amide bonds. The van der Waals surface area contributed by atoms with E-state index in [1.807, 2.05) is 0 Å². The lowest BCUT2D eigenvalue weighted by molar-refractivity contribution is -0.143. The van der Waals surface area contributed by atoms with Crippen molar-refractivity contribution >= 4 is 22.5 Å². The molecule has 0 bridgehead atoms. The Hall–Kier alpha value is -3.88. The number of fused-ring (bicyclic) bond motifs is 2. The zero-order valence-electron chi connectivity index (χ0n) is 15.9. The number of nitrogens with one attached hydrogen (secondary N) is 1. The van der Waals surface area contributed by atoms with Crippen molar-refractivity contribution in [3.8, 4) is 11.5 Å². The third-order valence-corrected chi connectivity index (χ3v) is 4.60. The first-order valence-electron chi connectivity index (χ1n) is 9.33. The molecular weight excluding hydrogens is 392 g/mol. The van der Waals surface area contributed by atoms with Crippen LogP contribution in [0.1, 0.15) is 16.8 Å². The molecule has 3 aromatic rings. The Labute approximate surface area is 169 Å². The highest BCUT2D eigenvalue weighted by Gasteiger charge is 2.16. The summed E-state index contributed by atoms with van der Waals surface area (Å²) >= 11 is 0. The number of benzene rings is 2. The third-order valence-electron chi connectivity index (χ3n) is 4.60. The molecule has 1 aromatic heterocycles. The molecule has 0 saturated heterocycles. The van der Waals surface area contributed by atoms with E-state index >= 15 is 0 Å². The molecule has 0 saturated carbocycles. The molecule has 4 rings (SSSR count). The van der Waals surface area contributed by atoms with Gasteiger partial charge in [0.05, 0.1) is 24.0 Å². The largest absolute Gasteiger partial charge is 0.490 e. The highest BCUT2D eigenvalue weighted by molar-refractivity contribution is 5.98. The van der Waals surface area contributed by atoms with E-state index in [9.17, 15) is 19.2 Å². The smallest absolute Gasteiger partial charge is 0.328 e. The maximum Gasteiger partial charge on any atom is 0.328 e. The predicted octanol–water partition coefficient (Wildman–Crippen LogP) is 1.28. The number of esters is 1. The average molecular weight is 410 g/mol. The zero-order chi connectivity index (χ0) is 21.1. The maximum atomic E-state index is 12.4. The van der Waals surface area contributed by atoms with Gasteiger partial charge in [0.1, 0.15) is 6.54 Å². The highest BCUT2D eigenvalue weighted by Crippen LogP contribution is 2.30. The molecule has 0 unspecified atom stereocenters. The van der Waals surface area contributed by atoms with Crippen LogP contribution in [-0.4, -0.2) is 41.4 Å². The van der Waals surface area contributed by atoms with Crippen LogP contribution in [0.25, 0.3) is 10.8 Å². The van der Waals surface area contributed by atoms with Gasteiger partial charge < -0.3 is 14.2 Å². The fourth-order valence-corrected chi connectivity index (χ4v) is 3.10. The Morgan fingerprint density at radius 3 is 2.53 bits per heavy atom. The molecule has 0 radical (unpaired) electrons. The van der Waals surface area contributed by atoms with Gasteiger partial charge in [-0.2, -0.15) is 0 Å². The molecular formula is C21H18N2O7. The number of Topliss-reactive ketones (excluding diaryl/α,β-unsaturated/α-hetero) is 1. The average Bonchev–Trinajstić information content (AvgIpc) is 3.00. The first kappa shape index (κ1) is 19.4. The second-order valence-corrected chi connectivity index (χ2v) is 6.67. The van der Waals surface area contributed by atoms with E-state index < -0.39 is 36.0 Å². The summed E-state index contributed by atoms with van der Waals surface area (Å²) in [5.74, 6) is -0.241. The van der Waals surface area contributed by atoms with Crippen LogP contribution in [0.4, 0.5) is 0 Å². The molecule has 0 fully saturated rings. The van der Waals surface area contributed by atoms with Crippen molar-refractivity contribution in [3.63, 3.8) is 0 Å². The first-order chi connectivity index (χ1) is 14.5. The van der Waals surface area contributed by atoms with Crippen molar-refractivity contribution in [2.75, 3.05) is 19.8 Å². The Kier molecular flexibility index (Phi) is 5.34. The highest BCUT2D eigenvalue weighted by atomic mass is 16.5. The van der Waals surface area contributed by atoms with E-state index in [1.54, 1.807) is 30.3 Å². The van der Waals surface area contributed by atoms with Crippen molar-refractivity contribution in [3.05, 3.63) is 68.7 Å². The summed E-state index contributed by atoms with van der Waals surface area (Å²) in [5, 5.41) is 2.77. The van der Waals surface area contributed by atoms with E-state index in [2.05, 4.69) is 5.10 Å². The Balaban J connectivity index is 1.43. The summed E-state index contributed by atoms with van der Waals surface area (Å²) < 4.78 is 16.9. The number of hydrogen-bond acceptors (Lipinski definition) is 7. The van der Waals surface area contributed by atoms with E-state index in [1.165, 1.54) is 12.1 Å². The molecule has 0 spiro atoms. The fourth-order valence-electron chi connectivity index (χ4n) is 3.10. The van der Waals surface area contributed by atoms with Crippen LogP contribution in [-0.2, 0) is 16.1 Å². The fraction of sp³-hybridized carbons (Fsp3) is 0.238. The second kappa shape index (κ2) is 8.24. The minimum atomic E-state index is -0.828. The quantitative estimate of drug-likeness (QED) is 0.497. The van der Waals surface area contributed by atoms with E-state index in [0.717, 1.165) is 11.1 Å². The van der Waals surface area contributed by atoms with Crippen molar-refractivity contribution in [1.29, 1.82) is 0 Å². The SMILES string of the molecule is O=C(Cn1[nH]c(=O)c2ccccc2c1=O)OCC(=O)c1ccc2c(c1)OCCCO2. The summed E-state index contributed by atoms with van der Waals surface area (Å²) in [4.78, 5) is 49.0. The van der Waals surface area contributed by atoms with Gasteiger partial charge in [-0.1, -0.05) is 12.1 Å². The van der Waals surface area contributed by atoms with Gasteiger partial charge in [-0.3, -0.25) is 24.3 Å². The Bertz CT molecular complexity index is 1240. The molecule has 2 heterocycles. The van der Waals surface area contributed by atoms with Gasteiger partial charge in [0.2, 0.25) is 0 Å². The van der Waals surface area contributed by atoms with Crippen LogP contribution in [0.3, 0.4) is 0 Å². The minimum Gasteiger partial charge on any atom is -0.490 e. The number of ether oxygens (including phenoxy) is 3. The number of ketones is 1. The molecule has 0 aliphatic carbocycles. The molecule has 9 heteroatoms. The minimum absolute atomic E-state index is 0.192. The number of rotatable bonds is 5. The molecule has 0 atom stereocenters. The molecule has 154 valence electrons. The first-order valence-corrected chi connectivity index (χ1v) is 9.33. The molecule has 1 aliphatic heterocycles. The van der Waals surface area contributed by atoms with E-state index in [0.29, 0.717) is 30.3 Å². The van der Waals surface area contributed by atoms with Gasteiger partial charge >= 0.3 is 5.97 Å². The van der Waals surface area contributed by atoms with Crippen LogP contribution >= 0.6 is 0 Å². The molecule has 9 nitrogen and oxygen atoms in total. The second-order valence-electron chi connectivity index (χ2n) is 6.67. The molecule has 1 N–H and O–H groups in total. The maximum absolute atomic E-state index is 12.4. The van der Waals surface area contributed by atoms with Gasteiger partial charge in [-0.25, -0.2) is 4.68 Å². The molecule has 1 aliphatic rings. The Morgan fingerprint density at radius 2 is 1.73 bits per heavy atom. The van der Waals surface area contributed by atoms with Crippen LogP contribution in [0, 0.1) is 0 Å². The summed E-state index contributed by atoms with van der Waals surface area (Å²) in [5.41, 5.74) is -0.721. The number of nitrogens with zero attached hydrogens (tertiary/aromatic N) is 1. The van der Waals surface area contributed by atoms with Crippen LogP contribution in [0.2, 0.25) is 0 Å². The lowest BCUT2D eigenvalue weighted by atomic mass is 10.1. The Morgan fingerprint density at radius 1 is 1.00 bits per heavy atom. The van der Waals surface area contributed by atoms with Crippen molar-refractivity contribution < 1.29 is 23.8 Å². The van der Waals surface area contributed by atoms with Gasteiger partial charge in [0.15, 0.2) is 23.9 Å². The van der Waals surface area contributed by atoms with E-state index in [4.69, 9.17) is 14.2 Å². The van der Waals surface area contributed by atoms with Gasteiger partial charge in [-0.15, -0.1) is 0 Å². The lowest BCUT2D eigenvalue weighted by Gasteiger charge is -2.10. The number of H-pyrrole nitrogens is 1. The summed E-state index contributed by atoms with van der Waals surface area (Å²) in [7, 11) is 0. The van der Waals surface area contributed by atoms with Gasteiger partial charge in [-0.05, 0) is 30.3 Å². The monoisotopic (exact) mass is 410 g/mol.